The quantitative estimate of drug-likeness (QED) is 0.326. The lowest BCUT2D eigenvalue weighted by molar-refractivity contribution is 0.0696. The fourth-order valence-electron chi connectivity index (χ4n) is 3.96. The summed E-state index contributed by atoms with van der Waals surface area (Å²) in [5.41, 5.74) is 2.71. The second-order valence-electron chi connectivity index (χ2n) is 8.16. The molecule has 170 valence electrons. The highest BCUT2D eigenvalue weighted by Crippen LogP contribution is 2.44. The van der Waals surface area contributed by atoms with Crippen LogP contribution in [-0.4, -0.2) is 32.4 Å². The molecule has 5 aromatic rings. The molecular weight excluding hydrogens is 440 g/mol. The van der Waals surface area contributed by atoms with Gasteiger partial charge in [0.25, 0.3) is 0 Å². The molecule has 0 radical (unpaired) electrons. The maximum absolute atomic E-state index is 15.2. The Labute approximate surface area is 192 Å². The van der Waals surface area contributed by atoms with E-state index in [0.29, 0.717) is 22.4 Å². The van der Waals surface area contributed by atoms with Crippen LogP contribution >= 0.6 is 0 Å². The Morgan fingerprint density at radius 2 is 1.82 bits per heavy atom. The first-order valence-corrected chi connectivity index (χ1v) is 10.6. The first-order valence-electron chi connectivity index (χ1n) is 10.6. The van der Waals surface area contributed by atoms with Crippen LogP contribution in [-0.2, 0) is 0 Å². The number of hydrogen-bond donors (Lipinski definition) is 2. The zero-order valence-corrected chi connectivity index (χ0v) is 18.3. The molecule has 5 rings (SSSR count). The van der Waals surface area contributed by atoms with Gasteiger partial charge in [0.15, 0.2) is 5.75 Å². The van der Waals surface area contributed by atoms with Crippen molar-refractivity contribution in [3.8, 4) is 28.1 Å². The number of nitrogens with zero attached hydrogens (tertiary/aromatic N) is 2. The molecule has 34 heavy (non-hydrogen) atoms. The van der Waals surface area contributed by atoms with E-state index in [2.05, 4.69) is 10.2 Å². The summed E-state index contributed by atoms with van der Waals surface area (Å²) in [6.45, 7) is 3.68. The number of halogens is 2. The number of rotatable bonds is 5. The number of benzene rings is 3. The summed E-state index contributed by atoms with van der Waals surface area (Å²) >= 11 is 0. The van der Waals surface area contributed by atoms with E-state index in [4.69, 9.17) is 9.72 Å². The summed E-state index contributed by atoms with van der Waals surface area (Å²) in [7, 11) is 0. The van der Waals surface area contributed by atoms with Crippen LogP contribution in [0.2, 0.25) is 0 Å². The molecule has 3 aromatic carbocycles. The standard InChI is InChI=1S/C26H19F2N3O3/c1-13(2)34-25-23(14-3-6-17(27)7-4-14)19-9-16-12-29-31-21(16)11-22(19)30-24(25)18-8-5-15(26(32)33)10-20(18)28/h3-13H,1-2H3,(H,29,31)(H,32,33). The first kappa shape index (κ1) is 21.5. The number of carbonyl (C=O) groups is 1. The zero-order valence-electron chi connectivity index (χ0n) is 18.3. The van der Waals surface area contributed by atoms with Crippen molar-refractivity contribution < 1.29 is 23.4 Å². The maximum Gasteiger partial charge on any atom is 0.335 e. The van der Waals surface area contributed by atoms with Crippen molar-refractivity contribution in [1.82, 2.24) is 15.2 Å². The summed E-state index contributed by atoms with van der Waals surface area (Å²) in [5.74, 6) is -2.04. The Balaban J connectivity index is 1.90. The fraction of sp³-hybridized carbons (Fsp3) is 0.115. The number of ether oxygens (including phenoxy) is 1. The second-order valence-corrected chi connectivity index (χ2v) is 8.16. The predicted molar refractivity (Wildman–Crippen MR) is 125 cm³/mol. The molecule has 0 fully saturated rings. The van der Waals surface area contributed by atoms with E-state index in [0.717, 1.165) is 22.4 Å². The molecule has 0 atom stereocenters. The average molecular weight is 459 g/mol. The van der Waals surface area contributed by atoms with Gasteiger partial charge in [0.1, 0.15) is 17.3 Å². The number of H-pyrrole nitrogens is 1. The van der Waals surface area contributed by atoms with Crippen molar-refractivity contribution >= 4 is 27.8 Å². The van der Waals surface area contributed by atoms with Gasteiger partial charge in [0, 0.05) is 21.9 Å². The van der Waals surface area contributed by atoms with E-state index >= 15 is 4.39 Å². The lowest BCUT2D eigenvalue weighted by atomic mass is 9.95. The van der Waals surface area contributed by atoms with Crippen LogP contribution < -0.4 is 4.74 Å². The van der Waals surface area contributed by atoms with Crippen LogP contribution in [0.1, 0.15) is 24.2 Å². The van der Waals surface area contributed by atoms with E-state index in [1.54, 1.807) is 24.4 Å². The lowest BCUT2D eigenvalue weighted by Gasteiger charge is -2.21. The topological polar surface area (TPSA) is 88.1 Å². The number of pyridine rings is 1. The molecule has 0 saturated heterocycles. The molecule has 0 spiro atoms. The molecule has 0 amide bonds. The SMILES string of the molecule is CC(C)Oc1c(-c2ccc(C(=O)O)cc2F)nc2cc3[nH]ncc3cc2c1-c1ccc(F)cc1. The number of aromatic amines is 1. The molecule has 0 saturated carbocycles. The second kappa shape index (κ2) is 8.22. The molecule has 8 heteroatoms. The third-order valence-electron chi connectivity index (χ3n) is 5.46. The van der Waals surface area contributed by atoms with Gasteiger partial charge in [-0.25, -0.2) is 18.6 Å². The number of aromatic carboxylic acids is 1. The van der Waals surface area contributed by atoms with Gasteiger partial charge in [-0.3, -0.25) is 5.10 Å². The minimum atomic E-state index is -1.23. The fourth-order valence-corrected chi connectivity index (χ4v) is 3.96. The average Bonchev–Trinajstić information content (AvgIpc) is 3.25. The normalized spacial score (nSPS) is 11.4. The number of carboxylic acids is 1. The molecule has 6 nitrogen and oxygen atoms in total. The lowest BCUT2D eigenvalue weighted by Crippen LogP contribution is -2.10. The monoisotopic (exact) mass is 459 g/mol. The third-order valence-corrected chi connectivity index (χ3v) is 5.46. The maximum atomic E-state index is 15.2. The highest BCUT2D eigenvalue weighted by Gasteiger charge is 2.23. The highest BCUT2D eigenvalue weighted by molar-refractivity contribution is 6.06. The van der Waals surface area contributed by atoms with Gasteiger partial charge in [0.05, 0.1) is 28.9 Å². The van der Waals surface area contributed by atoms with Crippen LogP contribution in [0, 0.1) is 11.6 Å². The van der Waals surface area contributed by atoms with Crippen LogP contribution in [0.25, 0.3) is 44.2 Å². The van der Waals surface area contributed by atoms with Crippen molar-refractivity contribution in [2.24, 2.45) is 0 Å². The number of hydrogen-bond acceptors (Lipinski definition) is 4. The summed E-state index contributed by atoms with van der Waals surface area (Å²) in [6, 6.07) is 13.3. The van der Waals surface area contributed by atoms with Gasteiger partial charge in [-0.1, -0.05) is 12.1 Å². The van der Waals surface area contributed by atoms with E-state index in [1.807, 2.05) is 19.9 Å². The van der Waals surface area contributed by atoms with E-state index in [1.165, 1.54) is 24.3 Å². The molecule has 2 N–H and O–H groups in total. The van der Waals surface area contributed by atoms with Gasteiger partial charge >= 0.3 is 5.97 Å². The molecule has 0 aliphatic heterocycles. The molecule has 2 aromatic heterocycles. The third kappa shape index (κ3) is 3.73. The number of aromatic nitrogens is 3. The Bertz CT molecular complexity index is 1560. The van der Waals surface area contributed by atoms with E-state index in [9.17, 15) is 14.3 Å². The van der Waals surface area contributed by atoms with Gasteiger partial charge < -0.3 is 9.84 Å². The van der Waals surface area contributed by atoms with Gasteiger partial charge in [-0.05, 0) is 61.9 Å². The van der Waals surface area contributed by atoms with Crippen LogP contribution in [0.5, 0.6) is 5.75 Å². The van der Waals surface area contributed by atoms with E-state index < -0.39 is 11.8 Å². The summed E-state index contributed by atoms with van der Waals surface area (Å²) in [6.07, 6.45) is 1.40. The number of nitrogens with one attached hydrogen (secondary N) is 1. The number of fused-ring (bicyclic) bond motifs is 2. The van der Waals surface area contributed by atoms with Gasteiger partial charge in [-0.2, -0.15) is 5.10 Å². The molecule has 0 bridgehead atoms. The molecule has 0 unspecified atom stereocenters. The summed E-state index contributed by atoms with van der Waals surface area (Å²) < 4.78 is 35.1. The van der Waals surface area contributed by atoms with Gasteiger partial charge in [0.2, 0.25) is 0 Å². The number of carboxylic acid groups (broad SMARTS) is 1. The zero-order chi connectivity index (χ0) is 24.0. The Morgan fingerprint density at radius 1 is 1.06 bits per heavy atom. The first-order chi connectivity index (χ1) is 16.3. The molecular formula is C26H19F2N3O3. The Kier molecular flexibility index (Phi) is 5.20. The van der Waals surface area contributed by atoms with Crippen molar-refractivity contribution in [2.45, 2.75) is 20.0 Å². The minimum Gasteiger partial charge on any atom is -0.488 e. The van der Waals surface area contributed by atoms with Crippen LogP contribution in [0.3, 0.4) is 0 Å². The molecule has 2 heterocycles. The van der Waals surface area contributed by atoms with Crippen molar-refractivity contribution in [3.63, 3.8) is 0 Å². The Hall–Kier alpha value is -4.33. The molecule has 0 aliphatic rings. The smallest absolute Gasteiger partial charge is 0.335 e. The largest absolute Gasteiger partial charge is 0.488 e. The van der Waals surface area contributed by atoms with E-state index in [-0.39, 0.29) is 28.7 Å². The predicted octanol–water partition coefficient (Wildman–Crippen LogP) is 6.21. The molecule has 0 aliphatic carbocycles. The van der Waals surface area contributed by atoms with Crippen LogP contribution in [0.15, 0.2) is 60.8 Å². The van der Waals surface area contributed by atoms with Gasteiger partial charge in [-0.15, -0.1) is 0 Å². The Morgan fingerprint density at radius 3 is 2.50 bits per heavy atom. The minimum absolute atomic E-state index is 0.0932. The van der Waals surface area contributed by atoms with Crippen molar-refractivity contribution in [1.29, 1.82) is 0 Å². The summed E-state index contributed by atoms with van der Waals surface area (Å²) in [4.78, 5) is 16.0. The summed E-state index contributed by atoms with van der Waals surface area (Å²) in [5, 5.41) is 17.8. The van der Waals surface area contributed by atoms with Crippen molar-refractivity contribution in [3.05, 3.63) is 78.0 Å². The van der Waals surface area contributed by atoms with Crippen molar-refractivity contribution in [2.75, 3.05) is 0 Å². The van der Waals surface area contributed by atoms with Crippen LogP contribution in [0.4, 0.5) is 8.78 Å². The highest BCUT2D eigenvalue weighted by atomic mass is 19.1.